The molecule has 1 amide bonds. The number of ether oxygens (including phenoxy) is 1. The highest BCUT2D eigenvalue weighted by Crippen LogP contribution is 2.23. The lowest BCUT2D eigenvalue weighted by Gasteiger charge is -2.16. The van der Waals surface area contributed by atoms with Gasteiger partial charge in [-0.1, -0.05) is 6.07 Å². The van der Waals surface area contributed by atoms with Gasteiger partial charge in [-0.15, -0.1) is 0 Å². The van der Waals surface area contributed by atoms with Crippen molar-refractivity contribution in [1.29, 1.82) is 0 Å². The van der Waals surface area contributed by atoms with Gasteiger partial charge in [0.1, 0.15) is 0 Å². The molecule has 0 aromatic heterocycles. The smallest absolute Gasteiger partial charge is 0.338 e. The van der Waals surface area contributed by atoms with E-state index in [9.17, 15) is 26.8 Å². The molecule has 154 valence electrons. The Morgan fingerprint density at radius 2 is 1.76 bits per heavy atom. The van der Waals surface area contributed by atoms with E-state index in [0.717, 1.165) is 25.0 Å². The standard InChI is InChI=1S/C19H18F2N2O5S/c20-16-7-6-13(10-17(16)21)19(25)28-12-18(24)22-14-4-3-5-15(11-14)29(26,27)23-8-1-2-9-23/h3-7,10-11H,1-2,8-9,12H2,(H,22,24). The van der Waals surface area contributed by atoms with Crippen LogP contribution in [0.15, 0.2) is 47.4 Å². The van der Waals surface area contributed by atoms with Crippen LogP contribution in [0.4, 0.5) is 14.5 Å². The van der Waals surface area contributed by atoms with Crippen LogP contribution in [-0.2, 0) is 19.6 Å². The van der Waals surface area contributed by atoms with Gasteiger partial charge in [0.25, 0.3) is 5.91 Å². The van der Waals surface area contributed by atoms with Gasteiger partial charge in [0, 0.05) is 18.8 Å². The number of halogens is 2. The Morgan fingerprint density at radius 1 is 1.03 bits per heavy atom. The molecular formula is C19H18F2N2O5S. The molecule has 0 spiro atoms. The minimum Gasteiger partial charge on any atom is -0.452 e. The fourth-order valence-electron chi connectivity index (χ4n) is 2.85. The van der Waals surface area contributed by atoms with Crippen molar-refractivity contribution in [3.63, 3.8) is 0 Å². The Kier molecular flexibility index (Phi) is 6.23. The highest BCUT2D eigenvalue weighted by atomic mass is 32.2. The number of rotatable bonds is 6. The lowest BCUT2D eigenvalue weighted by molar-refractivity contribution is -0.119. The van der Waals surface area contributed by atoms with E-state index in [2.05, 4.69) is 5.32 Å². The van der Waals surface area contributed by atoms with Gasteiger partial charge >= 0.3 is 5.97 Å². The maximum absolute atomic E-state index is 13.2. The van der Waals surface area contributed by atoms with Crippen molar-refractivity contribution in [2.75, 3.05) is 25.0 Å². The van der Waals surface area contributed by atoms with Crippen LogP contribution in [-0.4, -0.2) is 44.3 Å². The number of carbonyl (C=O) groups excluding carboxylic acids is 2. The molecule has 1 saturated heterocycles. The second-order valence-corrected chi connectivity index (χ2v) is 8.33. The van der Waals surface area contributed by atoms with Gasteiger partial charge in [0.15, 0.2) is 18.2 Å². The largest absolute Gasteiger partial charge is 0.452 e. The van der Waals surface area contributed by atoms with E-state index in [0.29, 0.717) is 19.2 Å². The molecule has 1 heterocycles. The summed E-state index contributed by atoms with van der Waals surface area (Å²) < 4.78 is 57.4. The minimum absolute atomic E-state index is 0.0518. The molecule has 0 radical (unpaired) electrons. The zero-order valence-electron chi connectivity index (χ0n) is 15.2. The van der Waals surface area contributed by atoms with Crippen molar-refractivity contribution in [3.05, 3.63) is 59.7 Å². The first kappa shape index (κ1) is 20.9. The second-order valence-electron chi connectivity index (χ2n) is 6.39. The number of sulfonamides is 1. The molecule has 1 fully saturated rings. The Bertz CT molecular complexity index is 1040. The Morgan fingerprint density at radius 3 is 2.45 bits per heavy atom. The average Bonchev–Trinajstić information content (AvgIpc) is 3.24. The van der Waals surface area contributed by atoms with Gasteiger partial charge in [-0.25, -0.2) is 22.0 Å². The molecule has 10 heteroatoms. The van der Waals surface area contributed by atoms with Crippen LogP contribution in [0, 0.1) is 11.6 Å². The molecule has 2 aromatic carbocycles. The van der Waals surface area contributed by atoms with E-state index in [1.807, 2.05) is 0 Å². The third-order valence-electron chi connectivity index (χ3n) is 4.31. The summed E-state index contributed by atoms with van der Waals surface area (Å²) >= 11 is 0. The van der Waals surface area contributed by atoms with Crippen LogP contribution >= 0.6 is 0 Å². The first-order valence-electron chi connectivity index (χ1n) is 8.79. The van der Waals surface area contributed by atoms with E-state index >= 15 is 0 Å². The summed E-state index contributed by atoms with van der Waals surface area (Å²) in [5.74, 6) is -4.02. The molecule has 7 nitrogen and oxygen atoms in total. The van der Waals surface area contributed by atoms with E-state index in [4.69, 9.17) is 4.74 Å². The van der Waals surface area contributed by atoms with Crippen LogP contribution in [0.25, 0.3) is 0 Å². The zero-order chi connectivity index (χ0) is 21.0. The number of hydrogen-bond acceptors (Lipinski definition) is 5. The third-order valence-corrected chi connectivity index (χ3v) is 6.20. The van der Waals surface area contributed by atoms with Crippen molar-refractivity contribution < 1.29 is 31.5 Å². The normalized spacial score (nSPS) is 14.6. The monoisotopic (exact) mass is 424 g/mol. The van der Waals surface area contributed by atoms with Crippen molar-refractivity contribution >= 4 is 27.6 Å². The highest BCUT2D eigenvalue weighted by molar-refractivity contribution is 7.89. The number of amides is 1. The van der Waals surface area contributed by atoms with Crippen LogP contribution < -0.4 is 5.32 Å². The second kappa shape index (κ2) is 8.66. The van der Waals surface area contributed by atoms with Crippen LogP contribution in [0.1, 0.15) is 23.2 Å². The molecule has 3 rings (SSSR count). The summed E-state index contributed by atoms with van der Waals surface area (Å²) in [4.78, 5) is 23.9. The lowest BCUT2D eigenvalue weighted by atomic mass is 10.2. The van der Waals surface area contributed by atoms with Crippen LogP contribution in [0.3, 0.4) is 0 Å². The van der Waals surface area contributed by atoms with Crippen molar-refractivity contribution in [2.24, 2.45) is 0 Å². The molecule has 0 saturated carbocycles. The predicted molar refractivity (Wildman–Crippen MR) is 99.7 cm³/mol. The zero-order valence-corrected chi connectivity index (χ0v) is 16.0. The summed E-state index contributed by atoms with van der Waals surface area (Å²) in [5, 5.41) is 2.44. The first-order chi connectivity index (χ1) is 13.8. The van der Waals surface area contributed by atoms with Gasteiger partial charge in [-0.2, -0.15) is 4.31 Å². The van der Waals surface area contributed by atoms with Crippen LogP contribution in [0.2, 0.25) is 0 Å². The van der Waals surface area contributed by atoms with E-state index < -0.39 is 40.1 Å². The third kappa shape index (κ3) is 4.96. The number of carbonyl (C=O) groups is 2. The van der Waals surface area contributed by atoms with Crippen molar-refractivity contribution in [3.8, 4) is 0 Å². The van der Waals surface area contributed by atoms with Gasteiger partial charge in [0.05, 0.1) is 10.5 Å². The molecule has 0 aliphatic carbocycles. The number of esters is 1. The van der Waals surface area contributed by atoms with E-state index in [1.54, 1.807) is 0 Å². The van der Waals surface area contributed by atoms with E-state index in [-0.39, 0.29) is 16.1 Å². The fraction of sp³-hybridized carbons (Fsp3) is 0.263. The summed E-state index contributed by atoms with van der Waals surface area (Å²) in [5.41, 5.74) is -0.0189. The number of benzene rings is 2. The summed E-state index contributed by atoms with van der Waals surface area (Å²) in [6, 6.07) is 8.23. The number of nitrogens with zero attached hydrogens (tertiary/aromatic N) is 1. The van der Waals surface area contributed by atoms with Crippen LogP contribution in [0.5, 0.6) is 0 Å². The van der Waals surface area contributed by atoms with E-state index in [1.165, 1.54) is 28.6 Å². The minimum atomic E-state index is -3.64. The van der Waals surface area contributed by atoms with Gasteiger partial charge < -0.3 is 10.1 Å². The predicted octanol–water partition coefficient (Wildman–Crippen LogP) is 2.54. The molecule has 0 unspecified atom stereocenters. The molecule has 0 atom stereocenters. The highest BCUT2D eigenvalue weighted by Gasteiger charge is 2.27. The maximum atomic E-state index is 13.2. The molecule has 2 aromatic rings. The number of anilines is 1. The lowest BCUT2D eigenvalue weighted by Crippen LogP contribution is -2.28. The molecule has 0 bridgehead atoms. The molecule has 29 heavy (non-hydrogen) atoms. The topological polar surface area (TPSA) is 92.8 Å². The van der Waals surface area contributed by atoms with Crippen molar-refractivity contribution in [1.82, 2.24) is 4.31 Å². The van der Waals surface area contributed by atoms with Gasteiger partial charge in [-0.05, 0) is 49.2 Å². The maximum Gasteiger partial charge on any atom is 0.338 e. The number of hydrogen-bond donors (Lipinski definition) is 1. The molecular weight excluding hydrogens is 406 g/mol. The molecule has 1 aliphatic heterocycles. The average molecular weight is 424 g/mol. The van der Waals surface area contributed by atoms with Gasteiger partial charge in [0.2, 0.25) is 10.0 Å². The van der Waals surface area contributed by atoms with Gasteiger partial charge in [-0.3, -0.25) is 4.79 Å². The quantitative estimate of drug-likeness (QED) is 0.720. The Labute approximate surface area is 166 Å². The fourth-order valence-corrected chi connectivity index (χ4v) is 4.41. The number of nitrogens with one attached hydrogen (secondary N) is 1. The summed E-state index contributed by atoms with van der Waals surface area (Å²) in [7, 11) is -3.64. The van der Waals surface area contributed by atoms with Crippen molar-refractivity contribution in [2.45, 2.75) is 17.7 Å². The summed E-state index contributed by atoms with van der Waals surface area (Å²) in [6.45, 7) is 0.235. The first-order valence-corrected chi connectivity index (χ1v) is 10.2. The summed E-state index contributed by atoms with van der Waals surface area (Å²) in [6.07, 6.45) is 1.61. The molecule has 1 N–H and O–H groups in total. The SMILES string of the molecule is O=C(COC(=O)c1ccc(F)c(F)c1)Nc1cccc(S(=O)(=O)N2CCCC2)c1. The Balaban J connectivity index is 1.60. The Hall–Kier alpha value is -2.85. The molecule has 1 aliphatic rings.